The molecule has 1 fully saturated rings. The Morgan fingerprint density at radius 1 is 1.32 bits per heavy atom. The van der Waals surface area contributed by atoms with E-state index in [0.29, 0.717) is 18.8 Å². The molecule has 0 atom stereocenters. The first-order valence-corrected chi connectivity index (χ1v) is 8.67. The summed E-state index contributed by atoms with van der Waals surface area (Å²) in [6.45, 7) is 2.94. The summed E-state index contributed by atoms with van der Waals surface area (Å²) in [5.74, 6) is 0.578. The van der Waals surface area contributed by atoms with Gasteiger partial charge in [0.1, 0.15) is 5.75 Å². The van der Waals surface area contributed by atoms with E-state index in [-0.39, 0.29) is 24.5 Å². The van der Waals surface area contributed by atoms with Crippen LogP contribution in [-0.2, 0) is 9.59 Å². The second-order valence-electron chi connectivity index (χ2n) is 5.21. The van der Waals surface area contributed by atoms with E-state index in [4.69, 9.17) is 4.74 Å². The molecular weight excluding hydrogens is 416 g/mol. The molecule has 0 aromatic heterocycles. The first kappa shape index (κ1) is 17.3. The molecule has 1 heterocycles. The monoisotopic (exact) mass is 432 g/mol. The number of nitrogens with one attached hydrogen (secondary N) is 1. The van der Waals surface area contributed by atoms with Crippen LogP contribution < -0.4 is 10.1 Å². The smallest absolute Gasteiger partial charge is 0.258 e. The standard InChI is InChI=1S/C15H18Br2N2O3/c1-10(20)19-6-4-12(5-7-19)18-15(21)9-22-14-3-2-11(16)8-13(14)17/h2-3,8,12H,4-7,9H2,1H3,(H,18,21). The van der Waals surface area contributed by atoms with Gasteiger partial charge in [0.05, 0.1) is 4.47 Å². The van der Waals surface area contributed by atoms with Crippen LogP contribution in [0.15, 0.2) is 27.1 Å². The molecule has 22 heavy (non-hydrogen) atoms. The molecule has 120 valence electrons. The number of piperidine rings is 1. The van der Waals surface area contributed by atoms with Crippen LogP contribution in [-0.4, -0.2) is 42.5 Å². The Balaban J connectivity index is 1.75. The predicted molar refractivity (Wildman–Crippen MR) is 90.8 cm³/mol. The number of carbonyl (C=O) groups excluding carboxylic acids is 2. The molecule has 0 spiro atoms. The summed E-state index contributed by atoms with van der Waals surface area (Å²) in [5.41, 5.74) is 0. The van der Waals surface area contributed by atoms with Crippen LogP contribution in [0.2, 0.25) is 0 Å². The second kappa shape index (κ2) is 7.97. The number of ether oxygens (including phenoxy) is 1. The van der Waals surface area contributed by atoms with Crippen LogP contribution >= 0.6 is 31.9 Å². The lowest BCUT2D eigenvalue weighted by Gasteiger charge is -2.31. The zero-order valence-electron chi connectivity index (χ0n) is 12.3. The maximum absolute atomic E-state index is 11.9. The van der Waals surface area contributed by atoms with Crippen molar-refractivity contribution in [1.82, 2.24) is 10.2 Å². The molecule has 0 radical (unpaired) electrons. The quantitative estimate of drug-likeness (QED) is 0.794. The van der Waals surface area contributed by atoms with Gasteiger partial charge in [0.2, 0.25) is 5.91 Å². The largest absolute Gasteiger partial charge is 0.483 e. The van der Waals surface area contributed by atoms with Crippen molar-refractivity contribution in [3.05, 3.63) is 27.1 Å². The van der Waals surface area contributed by atoms with Gasteiger partial charge in [-0.1, -0.05) is 15.9 Å². The lowest BCUT2D eigenvalue weighted by molar-refractivity contribution is -0.130. The summed E-state index contributed by atoms with van der Waals surface area (Å²) in [4.78, 5) is 25.0. The van der Waals surface area contributed by atoms with Crippen molar-refractivity contribution >= 4 is 43.7 Å². The highest BCUT2D eigenvalue weighted by atomic mass is 79.9. The molecule has 5 nitrogen and oxygen atoms in total. The lowest BCUT2D eigenvalue weighted by atomic mass is 10.1. The van der Waals surface area contributed by atoms with Crippen LogP contribution in [0, 0.1) is 0 Å². The number of nitrogens with zero attached hydrogens (tertiary/aromatic N) is 1. The Morgan fingerprint density at radius 3 is 2.59 bits per heavy atom. The summed E-state index contributed by atoms with van der Waals surface area (Å²) < 4.78 is 7.24. The van der Waals surface area contributed by atoms with Gasteiger partial charge in [0.15, 0.2) is 6.61 Å². The topological polar surface area (TPSA) is 58.6 Å². The Morgan fingerprint density at radius 2 is 2.00 bits per heavy atom. The fourth-order valence-electron chi connectivity index (χ4n) is 2.34. The normalized spacial score (nSPS) is 15.5. The predicted octanol–water partition coefficient (Wildman–Crippen LogP) is 2.72. The highest BCUT2D eigenvalue weighted by Gasteiger charge is 2.22. The van der Waals surface area contributed by atoms with E-state index in [9.17, 15) is 9.59 Å². The number of likely N-dealkylation sites (tertiary alicyclic amines) is 1. The van der Waals surface area contributed by atoms with Crippen molar-refractivity contribution in [3.8, 4) is 5.75 Å². The summed E-state index contributed by atoms with van der Waals surface area (Å²) >= 11 is 6.76. The van der Waals surface area contributed by atoms with E-state index in [0.717, 1.165) is 21.8 Å². The minimum absolute atomic E-state index is 0.0207. The molecule has 2 amide bonds. The Bertz CT molecular complexity index is 558. The molecule has 1 aromatic carbocycles. The van der Waals surface area contributed by atoms with Crippen molar-refractivity contribution in [1.29, 1.82) is 0 Å². The SMILES string of the molecule is CC(=O)N1CCC(NC(=O)COc2ccc(Br)cc2Br)CC1. The number of hydrogen-bond acceptors (Lipinski definition) is 3. The van der Waals surface area contributed by atoms with Crippen molar-refractivity contribution in [2.75, 3.05) is 19.7 Å². The van der Waals surface area contributed by atoms with Crippen molar-refractivity contribution in [2.45, 2.75) is 25.8 Å². The number of rotatable bonds is 4. The van der Waals surface area contributed by atoms with Crippen molar-refractivity contribution in [3.63, 3.8) is 0 Å². The third kappa shape index (κ3) is 4.98. The molecule has 7 heteroatoms. The van der Waals surface area contributed by atoms with Crippen LogP contribution in [0.25, 0.3) is 0 Å². The molecular formula is C15H18Br2N2O3. The summed E-state index contributed by atoms with van der Waals surface area (Å²) in [6, 6.07) is 5.63. The number of hydrogen-bond donors (Lipinski definition) is 1. The van der Waals surface area contributed by atoms with E-state index in [2.05, 4.69) is 37.2 Å². The van der Waals surface area contributed by atoms with E-state index in [1.54, 1.807) is 17.9 Å². The molecule has 1 aliphatic rings. The molecule has 1 N–H and O–H groups in total. The van der Waals surface area contributed by atoms with E-state index in [1.807, 2.05) is 12.1 Å². The molecule has 0 bridgehead atoms. The average Bonchev–Trinajstić information content (AvgIpc) is 2.47. The number of amides is 2. The Labute approximate surface area is 146 Å². The molecule has 0 unspecified atom stereocenters. The van der Waals surface area contributed by atoms with E-state index >= 15 is 0 Å². The molecule has 0 saturated carbocycles. The average molecular weight is 434 g/mol. The maximum Gasteiger partial charge on any atom is 0.258 e. The number of benzene rings is 1. The summed E-state index contributed by atoms with van der Waals surface area (Å²) in [6.07, 6.45) is 1.57. The second-order valence-corrected chi connectivity index (χ2v) is 6.98. The number of halogens is 2. The highest BCUT2D eigenvalue weighted by Crippen LogP contribution is 2.28. The molecule has 2 rings (SSSR count). The van der Waals surface area contributed by atoms with Gasteiger partial charge in [-0.05, 0) is 47.0 Å². The molecule has 1 saturated heterocycles. The van der Waals surface area contributed by atoms with Crippen LogP contribution in [0.4, 0.5) is 0 Å². The van der Waals surface area contributed by atoms with Gasteiger partial charge >= 0.3 is 0 Å². The van der Waals surface area contributed by atoms with Gasteiger partial charge in [0, 0.05) is 30.5 Å². The fraction of sp³-hybridized carbons (Fsp3) is 0.467. The Kier molecular flexibility index (Phi) is 6.26. The van der Waals surface area contributed by atoms with Gasteiger partial charge in [-0.15, -0.1) is 0 Å². The molecule has 1 aromatic rings. The first-order valence-electron chi connectivity index (χ1n) is 7.08. The molecule has 1 aliphatic heterocycles. The summed E-state index contributed by atoms with van der Waals surface area (Å²) in [5, 5.41) is 2.95. The highest BCUT2D eigenvalue weighted by molar-refractivity contribution is 9.11. The minimum atomic E-state index is -0.143. The number of carbonyl (C=O) groups is 2. The van der Waals surface area contributed by atoms with Gasteiger partial charge in [0.25, 0.3) is 5.91 Å². The zero-order chi connectivity index (χ0) is 16.1. The maximum atomic E-state index is 11.9. The first-order chi connectivity index (χ1) is 10.5. The van der Waals surface area contributed by atoms with Crippen LogP contribution in [0.3, 0.4) is 0 Å². The Hall–Kier alpha value is -1.08. The van der Waals surface area contributed by atoms with E-state index in [1.165, 1.54) is 0 Å². The molecule has 0 aliphatic carbocycles. The van der Waals surface area contributed by atoms with Crippen molar-refractivity contribution < 1.29 is 14.3 Å². The van der Waals surface area contributed by atoms with E-state index < -0.39 is 0 Å². The third-order valence-electron chi connectivity index (χ3n) is 3.56. The van der Waals surface area contributed by atoms with Crippen molar-refractivity contribution in [2.24, 2.45) is 0 Å². The fourth-order valence-corrected chi connectivity index (χ4v) is 3.51. The van der Waals surface area contributed by atoms with Gasteiger partial charge < -0.3 is 15.0 Å². The minimum Gasteiger partial charge on any atom is -0.483 e. The summed E-state index contributed by atoms with van der Waals surface area (Å²) in [7, 11) is 0. The van der Waals surface area contributed by atoms with Gasteiger partial charge in [-0.3, -0.25) is 9.59 Å². The van der Waals surface area contributed by atoms with Crippen LogP contribution in [0.5, 0.6) is 5.75 Å². The lowest BCUT2D eigenvalue weighted by Crippen LogP contribution is -2.47. The zero-order valence-corrected chi connectivity index (χ0v) is 15.4. The van der Waals surface area contributed by atoms with Gasteiger partial charge in [-0.2, -0.15) is 0 Å². The third-order valence-corrected chi connectivity index (χ3v) is 4.67. The van der Waals surface area contributed by atoms with Crippen LogP contribution in [0.1, 0.15) is 19.8 Å². The van der Waals surface area contributed by atoms with Gasteiger partial charge in [-0.25, -0.2) is 0 Å².